The molecule has 0 saturated carbocycles. The summed E-state index contributed by atoms with van der Waals surface area (Å²) in [6.07, 6.45) is 7.27. The molecule has 1 aliphatic carbocycles. The van der Waals surface area contributed by atoms with E-state index in [2.05, 4.69) is 53.8 Å². The Bertz CT molecular complexity index is 857. The number of fused-ring (bicyclic) bond motifs is 1. The van der Waals surface area contributed by atoms with Gasteiger partial charge >= 0.3 is 0 Å². The van der Waals surface area contributed by atoms with Crippen molar-refractivity contribution >= 4 is 5.91 Å². The summed E-state index contributed by atoms with van der Waals surface area (Å²) in [4.78, 5) is 15.1. The zero-order valence-electron chi connectivity index (χ0n) is 18.9. The zero-order valence-corrected chi connectivity index (χ0v) is 18.9. The Kier molecular flexibility index (Phi) is 6.62. The molecule has 4 rings (SSSR count). The number of amides is 1. The Labute approximate surface area is 181 Å². The zero-order chi connectivity index (χ0) is 21.1. The summed E-state index contributed by atoms with van der Waals surface area (Å²) in [5.41, 5.74) is 6.16. The van der Waals surface area contributed by atoms with Crippen molar-refractivity contribution in [2.24, 2.45) is 11.8 Å². The molecule has 0 spiro atoms. The number of hydrogen-bond donors (Lipinski definition) is 1. The van der Waals surface area contributed by atoms with Crippen LogP contribution in [0, 0.1) is 18.8 Å². The van der Waals surface area contributed by atoms with Crippen molar-refractivity contribution in [2.75, 3.05) is 26.2 Å². The fourth-order valence-corrected chi connectivity index (χ4v) is 5.56. The van der Waals surface area contributed by atoms with E-state index in [0.717, 1.165) is 43.3 Å². The van der Waals surface area contributed by atoms with Crippen LogP contribution in [0.3, 0.4) is 0 Å². The number of aromatic nitrogens is 1. The van der Waals surface area contributed by atoms with Crippen LogP contribution >= 0.6 is 0 Å². The van der Waals surface area contributed by atoms with Gasteiger partial charge < -0.3 is 14.8 Å². The summed E-state index contributed by atoms with van der Waals surface area (Å²) in [6.45, 7) is 11.1. The van der Waals surface area contributed by atoms with Crippen molar-refractivity contribution in [1.29, 1.82) is 0 Å². The number of benzene rings is 1. The Morgan fingerprint density at radius 1 is 1.07 bits per heavy atom. The van der Waals surface area contributed by atoms with Crippen molar-refractivity contribution in [3.63, 3.8) is 0 Å². The van der Waals surface area contributed by atoms with E-state index in [-0.39, 0.29) is 5.91 Å². The van der Waals surface area contributed by atoms with Crippen LogP contribution in [0.1, 0.15) is 66.8 Å². The fourth-order valence-electron chi connectivity index (χ4n) is 5.56. The first kappa shape index (κ1) is 21.2. The molecule has 1 aromatic carbocycles. The topological polar surface area (TPSA) is 37.3 Å². The molecule has 2 atom stereocenters. The molecule has 30 heavy (non-hydrogen) atoms. The molecule has 0 bridgehead atoms. The lowest BCUT2D eigenvalue weighted by Crippen LogP contribution is -2.40. The van der Waals surface area contributed by atoms with E-state index in [0.29, 0.717) is 0 Å². The van der Waals surface area contributed by atoms with Crippen LogP contribution in [0.4, 0.5) is 0 Å². The minimum Gasteiger partial charge on any atom is -0.352 e. The average Bonchev–Trinajstić information content (AvgIpc) is 3.06. The first-order chi connectivity index (χ1) is 14.5. The highest BCUT2D eigenvalue weighted by molar-refractivity contribution is 5.94. The van der Waals surface area contributed by atoms with Gasteiger partial charge in [0.05, 0.1) is 0 Å². The van der Waals surface area contributed by atoms with Gasteiger partial charge in [-0.3, -0.25) is 4.79 Å². The SMILES string of the molecule is Cc1cc2c(n1-c1ccc(C(=O)NCCCN3C[C@H](C)C[C@H](C)C3)cc1)CCCC2. The summed E-state index contributed by atoms with van der Waals surface area (Å²) in [6, 6.07) is 10.4. The number of piperidine rings is 1. The number of hydrogen-bond acceptors (Lipinski definition) is 2. The predicted octanol–water partition coefficient (Wildman–Crippen LogP) is 4.76. The van der Waals surface area contributed by atoms with Gasteiger partial charge in [0.1, 0.15) is 0 Å². The number of nitrogens with zero attached hydrogens (tertiary/aromatic N) is 2. The maximum absolute atomic E-state index is 12.6. The third-order valence-electron chi connectivity index (χ3n) is 6.75. The van der Waals surface area contributed by atoms with Gasteiger partial charge in [-0.05, 0) is 99.7 Å². The smallest absolute Gasteiger partial charge is 0.251 e. The third-order valence-corrected chi connectivity index (χ3v) is 6.75. The highest BCUT2D eigenvalue weighted by atomic mass is 16.1. The molecular weight excluding hydrogens is 370 g/mol. The number of aryl methyl sites for hydroxylation is 2. The van der Waals surface area contributed by atoms with Gasteiger partial charge in [-0.25, -0.2) is 0 Å². The van der Waals surface area contributed by atoms with Crippen LogP contribution in [-0.4, -0.2) is 41.6 Å². The molecule has 2 aromatic rings. The predicted molar refractivity (Wildman–Crippen MR) is 123 cm³/mol. The van der Waals surface area contributed by atoms with Gasteiger partial charge in [-0.2, -0.15) is 0 Å². The lowest BCUT2D eigenvalue weighted by molar-refractivity contribution is 0.0947. The number of carbonyl (C=O) groups is 1. The summed E-state index contributed by atoms with van der Waals surface area (Å²) in [5, 5.41) is 3.10. The Morgan fingerprint density at radius 2 is 1.77 bits per heavy atom. The first-order valence-corrected chi connectivity index (χ1v) is 11.8. The maximum Gasteiger partial charge on any atom is 0.251 e. The normalized spacial score (nSPS) is 22.0. The van der Waals surface area contributed by atoms with E-state index in [9.17, 15) is 4.79 Å². The molecule has 1 aromatic heterocycles. The minimum atomic E-state index is 0.0354. The van der Waals surface area contributed by atoms with Gasteiger partial charge in [-0.15, -0.1) is 0 Å². The molecule has 1 saturated heterocycles. The summed E-state index contributed by atoms with van der Waals surface area (Å²) < 4.78 is 2.37. The Balaban J connectivity index is 1.30. The largest absolute Gasteiger partial charge is 0.352 e. The lowest BCUT2D eigenvalue weighted by atomic mass is 9.92. The molecule has 162 valence electrons. The molecule has 4 nitrogen and oxygen atoms in total. The van der Waals surface area contributed by atoms with E-state index in [1.165, 1.54) is 61.4 Å². The summed E-state index contributed by atoms with van der Waals surface area (Å²) in [5.74, 6) is 1.61. The number of rotatable bonds is 6. The fraction of sp³-hybridized carbons (Fsp3) is 0.577. The first-order valence-electron chi connectivity index (χ1n) is 11.8. The van der Waals surface area contributed by atoms with Crippen molar-refractivity contribution < 1.29 is 4.79 Å². The molecule has 2 aliphatic rings. The monoisotopic (exact) mass is 407 g/mol. The van der Waals surface area contributed by atoms with Crippen LogP contribution in [0.2, 0.25) is 0 Å². The molecule has 1 amide bonds. The quantitative estimate of drug-likeness (QED) is 0.701. The van der Waals surface area contributed by atoms with E-state index in [1.807, 2.05) is 12.1 Å². The molecule has 0 unspecified atom stereocenters. The van der Waals surface area contributed by atoms with Crippen LogP contribution < -0.4 is 5.32 Å². The van der Waals surface area contributed by atoms with Crippen LogP contribution in [0.25, 0.3) is 5.69 Å². The van der Waals surface area contributed by atoms with Gasteiger partial charge in [0.25, 0.3) is 5.91 Å². The van der Waals surface area contributed by atoms with Gasteiger partial charge in [0.15, 0.2) is 0 Å². The van der Waals surface area contributed by atoms with Crippen molar-refractivity contribution in [3.8, 4) is 5.69 Å². The highest BCUT2D eigenvalue weighted by Gasteiger charge is 2.21. The van der Waals surface area contributed by atoms with E-state index in [1.54, 1.807) is 0 Å². The van der Waals surface area contributed by atoms with Crippen molar-refractivity contribution in [3.05, 3.63) is 52.8 Å². The summed E-state index contributed by atoms with van der Waals surface area (Å²) in [7, 11) is 0. The average molecular weight is 408 g/mol. The van der Waals surface area contributed by atoms with E-state index in [4.69, 9.17) is 0 Å². The standard InChI is InChI=1S/C26H37N3O/c1-19-15-20(2)18-28(17-19)14-6-13-27-26(30)22-9-11-24(12-10-22)29-21(3)16-23-7-4-5-8-25(23)29/h9-12,16,19-20H,4-8,13-15,17-18H2,1-3H3,(H,27,30)/t19-,20+. The lowest BCUT2D eigenvalue weighted by Gasteiger charge is -2.34. The minimum absolute atomic E-state index is 0.0354. The van der Waals surface area contributed by atoms with Crippen molar-refractivity contribution in [1.82, 2.24) is 14.8 Å². The highest BCUT2D eigenvalue weighted by Crippen LogP contribution is 2.28. The number of nitrogens with one attached hydrogen (secondary N) is 1. The van der Waals surface area contributed by atoms with E-state index >= 15 is 0 Å². The second-order valence-corrected chi connectivity index (χ2v) is 9.66. The molecule has 1 aliphatic heterocycles. The number of likely N-dealkylation sites (tertiary alicyclic amines) is 1. The molecule has 2 heterocycles. The third kappa shape index (κ3) is 4.80. The Hall–Kier alpha value is -2.07. The molecule has 0 radical (unpaired) electrons. The second kappa shape index (κ2) is 9.38. The van der Waals surface area contributed by atoms with Crippen LogP contribution in [-0.2, 0) is 12.8 Å². The second-order valence-electron chi connectivity index (χ2n) is 9.66. The van der Waals surface area contributed by atoms with Gasteiger partial charge in [0, 0.05) is 42.3 Å². The molecular formula is C26H37N3O. The van der Waals surface area contributed by atoms with Crippen LogP contribution in [0.5, 0.6) is 0 Å². The van der Waals surface area contributed by atoms with Gasteiger partial charge in [-0.1, -0.05) is 13.8 Å². The molecule has 4 heteroatoms. The molecule has 1 fully saturated rings. The maximum atomic E-state index is 12.6. The number of carbonyl (C=O) groups excluding carboxylic acids is 1. The molecule has 1 N–H and O–H groups in total. The van der Waals surface area contributed by atoms with Crippen LogP contribution in [0.15, 0.2) is 30.3 Å². The van der Waals surface area contributed by atoms with Gasteiger partial charge in [0.2, 0.25) is 0 Å². The Morgan fingerprint density at radius 3 is 2.50 bits per heavy atom. The summed E-state index contributed by atoms with van der Waals surface area (Å²) >= 11 is 0. The van der Waals surface area contributed by atoms with Crippen molar-refractivity contribution in [2.45, 2.75) is 59.3 Å². The van der Waals surface area contributed by atoms with E-state index < -0.39 is 0 Å².